The summed E-state index contributed by atoms with van der Waals surface area (Å²) in [6.45, 7) is 6.47. The molecule has 0 saturated carbocycles. The molecule has 20 heavy (non-hydrogen) atoms. The number of unbranched alkanes of at least 4 members (excludes halogenated alkanes) is 4. The monoisotopic (exact) mass is 274 g/mol. The average molecular weight is 274 g/mol. The van der Waals surface area contributed by atoms with Gasteiger partial charge in [0.1, 0.15) is 0 Å². The lowest BCUT2D eigenvalue weighted by Crippen LogP contribution is -2.17. The highest BCUT2D eigenvalue weighted by Crippen LogP contribution is 2.14. The second-order valence-electron chi connectivity index (χ2n) is 5.38. The van der Waals surface area contributed by atoms with Gasteiger partial charge in [-0.2, -0.15) is 5.10 Å². The predicted octanol–water partition coefficient (Wildman–Crippen LogP) is 4.50. The summed E-state index contributed by atoms with van der Waals surface area (Å²) in [5.74, 6) is 0.332. The van der Waals surface area contributed by atoms with Crippen LogP contribution in [0.3, 0.4) is 0 Å². The van der Waals surface area contributed by atoms with Gasteiger partial charge < -0.3 is 0 Å². The van der Waals surface area contributed by atoms with Crippen LogP contribution in [0.4, 0.5) is 0 Å². The zero-order chi connectivity index (χ0) is 14.8. The van der Waals surface area contributed by atoms with Gasteiger partial charge in [0.15, 0.2) is 0 Å². The number of nitrogens with one attached hydrogen (secondary N) is 1. The summed E-state index contributed by atoms with van der Waals surface area (Å²) in [5, 5.41) is 3.98. The summed E-state index contributed by atoms with van der Waals surface area (Å²) >= 11 is 0. The van der Waals surface area contributed by atoms with Gasteiger partial charge in [-0.25, -0.2) is 5.43 Å². The first-order chi connectivity index (χ1) is 9.65. The molecule has 1 aromatic carbocycles. The summed E-state index contributed by atoms with van der Waals surface area (Å²) in [6.07, 6.45) is 7.58. The molecule has 3 heteroatoms. The van der Waals surface area contributed by atoms with E-state index in [0.29, 0.717) is 11.5 Å². The third-order valence-corrected chi connectivity index (χ3v) is 3.28. The SMILES string of the molecule is CCCCCC/C=N/NC(=O)c1ccc(C(C)C)cc1. The van der Waals surface area contributed by atoms with Crippen LogP contribution in [0, 0.1) is 0 Å². The Morgan fingerprint density at radius 1 is 1.20 bits per heavy atom. The van der Waals surface area contributed by atoms with Crippen molar-refractivity contribution in [2.75, 3.05) is 0 Å². The van der Waals surface area contributed by atoms with Crippen LogP contribution in [-0.2, 0) is 0 Å². The molecule has 0 aliphatic heterocycles. The molecular formula is C17H26N2O. The average Bonchev–Trinajstić information content (AvgIpc) is 2.46. The number of amides is 1. The van der Waals surface area contributed by atoms with Gasteiger partial charge in [0.05, 0.1) is 0 Å². The number of carbonyl (C=O) groups excluding carboxylic acids is 1. The normalized spacial score (nSPS) is 11.2. The van der Waals surface area contributed by atoms with E-state index in [1.165, 1.54) is 24.8 Å². The van der Waals surface area contributed by atoms with Crippen molar-refractivity contribution in [2.24, 2.45) is 5.10 Å². The first-order valence-electron chi connectivity index (χ1n) is 7.57. The van der Waals surface area contributed by atoms with Crippen molar-refractivity contribution in [3.05, 3.63) is 35.4 Å². The molecule has 0 fully saturated rings. The van der Waals surface area contributed by atoms with Gasteiger partial charge in [0, 0.05) is 11.8 Å². The maximum Gasteiger partial charge on any atom is 0.271 e. The van der Waals surface area contributed by atoms with Crippen LogP contribution in [0.25, 0.3) is 0 Å². The molecule has 0 spiro atoms. The Hall–Kier alpha value is -1.64. The van der Waals surface area contributed by atoms with Crippen LogP contribution in [0.15, 0.2) is 29.4 Å². The zero-order valence-electron chi connectivity index (χ0n) is 12.9. The second kappa shape index (κ2) is 9.29. The standard InChI is InChI=1S/C17H26N2O/c1-4-5-6-7-8-13-18-19-17(20)16-11-9-15(10-12-16)14(2)3/h9-14H,4-8H2,1-3H3,(H,19,20)/b18-13+. The van der Waals surface area contributed by atoms with E-state index >= 15 is 0 Å². The summed E-state index contributed by atoms with van der Waals surface area (Å²) in [7, 11) is 0. The number of hydrazone groups is 1. The highest BCUT2D eigenvalue weighted by Gasteiger charge is 2.04. The Balaban J connectivity index is 2.33. The van der Waals surface area contributed by atoms with Crippen LogP contribution < -0.4 is 5.43 Å². The maximum absolute atomic E-state index is 11.8. The molecule has 0 radical (unpaired) electrons. The lowest BCUT2D eigenvalue weighted by atomic mass is 10.0. The number of benzene rings is 1. The molecule has 0 aromatic heterocycles. The Labute approximate surface area is 122 Å². The Bertz CT molecular complexity index is 421. The van der Waals surface area contributed by atoms with E-state index in [1.807, 2.05) is 24.3 Å². The lowest BCUT2D eigenvalue weighted by molar-refractivity contribution is 0.0955. The smallest absolute Gasteiger partial charge is 0.267 e. The van der Waals surface area contributed by atoms with Crippen molar-refractivity contribution in [1.29, 1.82) is 0 Å². The minimum Gasteiger partial charge on any atom is -0.267 e. The number of hydrogen-bond acceptors (Lipinski definition) is 2. The van der Waals surface area contributed by atoms with E-state index in [2.05, 4.69) is 31.3 Å². The second-order valence-corrected chi connectivity index (χ2v) is 5.38. The number of rotatable bonds is 8. The highest BCUT2D eigenvalue weighted by atomic mass is 16.2. The van der Waals surface area contributed by atoms with Crippen LogP contribution in [0.1, 0.15) is 74.7 Å². The molecule has 1 N–H and O–H groups in total. The van der Waals surface area contributed by atoms with Gasteiger partial charge in [-0.1, -0.05) is 52.2 Å². The molecule has 3 nitrogen and oxygen atoms in total. The fraction of sp³-hybridized carbons (Fsp3) is 0.529. The van der Waals surface area contributed by atoms with E-state index in [-0.39, 0.29) is 5.91 Å². The molecule has 1 amide bonds. The van der Waals surface area contributed by atoms with Crippen molar-refractivity contribution < 1.29 is 4.79 Å². The van der Waals surface area contributed by atoms with Crippen molar-refractivity contribution in [3.8, 4) is 0 Å². The Morgan fingerprint density at radius 3 is 2.50 bits per heavy atom. The summed E-state index contributed by atoms with van der Waals surface area (Å²) in [4.78, 5) is 11.8. The van der Waals surface area contributed by atoms with Crippen molar-refractivity contribution in [1.82, 2.24) is 5.43 Å². The molecular weight excluding hydrogens is 248 g/mol. The van der Waals surface area contributed by atoms with Crippen molar-refractivity contribution in [2.45, 2.75) is 58.8 Å². The van der Waals surface area contributed by atoms with Crippen LogP contribution in [0.5, 0.6) is 0 Å². The van der Waals surface area contributed by atoms with Gasteiger partial charge >= 0.3 is 0 Å². The van der Waals surface area contributed by atoms with Gasteiger partial charge in [-0.3, -0.25) is 4.79 Å². The largest absolute Gasteiger partial charge is 0.271 e. The molecule has 110 valence electrons. The van der Waals surface area contributed by atoms with E-state index in [0.717, 1.165) is 12.8 Å². The third kappa shape index (κ3) is 6.00. The molecule has 0 unspecified atom stereocenters. The number of hydrogen-bond donors (Lipinski definition) is 1. The number of nitrogens with zero attached hydrogens (tertiary/aromatic N) is 1. The molecule has 0 bridgehead atoms. The minimum absolute atomic E-state index is 0.148. The zero-order valence-corrected chi connectivity index (χ0v) is 12.9. The van der Waals surface area contributed by atoms with Gasteiger partial charge in [0.25, 0.3) is 5.91 Å². The lowest BCUT2D eigenvalue weighted by Gasteiger charge is -2.05. The quantitative estimate of drug-likeness (QED) is 0.423. The summed E-state index contributed by atoms with van der Waals surface area (Å²) in [5.41, 5.74) is 4.46. The van der Waals surface area contributed by atoms with Crippen LogP contribution in [-0.4, -0.2) is 12.1 Å². The van der Waals surface area contributed by atoms with Gasteiger partial charge in [-0.15, -0.1) is 0 Å². The molecule has 0 saturated heterocycles. The molecule has 0 atom stereocenters. The highest BCUT2D eigenvalue weighted by molar-refractivity contribution is 5.94. The first-order valence-corrected chi connectivity index (χ1v) is 7.57. The Morgan fingerprint density at radius 2 is 1.90 bits per heavy atom. The topological polar surface area (TPSA) is 41.5 Å². The van der Waals surface area contributed by atoms with Crippen LogP contribution in [0.2, 0.25) is 0 Å². The molecule has 0 aliphatic rings. The predicted molar refractivity (Wildman–Crippen MR) is 85.2 cm³/mol. The Kier molecular flexibility index (Phi) is 7.63. The minimum atomic E-state index is -0.148. The third-order valence-electron chi connectivity index (χ3n) is 3.28. The molecule has 0 aliphatic carbocycles. The molecule has 1 rings (SSSR count). The number of carbonyl (C=O) groups is 1. The van der Waals surface area contributed by atoms with Crippen molar-refractivity contribution in [3.63, 3.8) is 0 Å². The molecule has 0 heterocycles. The van der Waals surface area contributed by atoms with E-state index in [1.54, 1.807) is 6.21 Å². The van der Waals surface area contributed by atoms with Crippen LogP contribution >= 0.6 is 0 Å². The summed E-state index contributed by atoms with van der Waals surface area (Å²) in [6, 6.07) is 7.69. The fourth-order valence-corrected chi connectivity index (χ4v) is 1.92. The summed E-state index contributed by atoms with van der Waals surface area (Å²) < 4.78 is 0. The molecule has 1 aromatic rings. The van der Waals surface area contributed by atoms with E-state index < -0.39 is 0 Å². The fourth-order valence-electron chi connectivity index (χ4n) is 1.92. The first kappa shape index (κ1) is 16.4. The van der Waals surface area contributed by atoms with Crippen molar-refractivity contribution >= 4 is 12.1 Å². The maximum atomic E-state index is 11.8. The van der Waals surface area contributed by atoms with E-state index in [9.17, 15) is 4.79 Å². The van der Waals surface area contributed by atoms with Gasteiger partial charge in [-0.05, 0) is 36.5 Å². The van der Waals surface area contributed by atoms with E-state index in [4.69, 9.17) is 0 Å². The van der Waals surface area contributed by atoms with Gasteiger partial charge in [0.2, 0.25) is 0 Å².